The Morgan fingerprint density at radius 1 is 0.677 bits per heavy atom. The van der Waals surface area contributed by atoms with E-state index in [9.17, 15) is 15.0 Å². The number of phenolic OH excluding ortho intramolecular Hbond substituents is 2. The Hall–Kier alpha value is -3.47. The van der Waals surface area contributed by atoms with Crippen LogP contribution >= 0.6 is 0 Å². The van der Waals surface area contributed by atoms with Crippen LogP contribution in [0.1, 0.15) is 68.6 Å². The largest absolute Gasteiger partial charge is 0.508 e. The number of hydrogen-bond acceptors (Lipinski definition) is 5. The highest BCUT2D eigenvalue weighted by Crippen LogP contribution is 2.56. The maximum Gasteiger partial charge on any atom is 0.340 e. The van der Waals surface area contributed by atoms with Gasteiger partial charge < -0.3 is 19.7 Å². The van der Waals surface area contributed by atoms with Crippen LogP contribution in [0, 0.1) is 0 Å². The van der Waals surface area contributed by atoms with Crippen molar-refractivity contribution in [3.05, 3.63) is 82.9 Å². The lowest BCUT2D eigenvalue weighted by Crippen LogP contribution is -2.32. The third-order valence-electron chi connectivity index (χ3n) is 4.68. The predicted molar refractivity (Wildman–Crippen MR) is 122 cm³/mol. The number of phenols is 2. The first-order chi connectivity index (χ1) is 15.1. The molecular weight excluding hydrogens is 392 g/mol. The molecule has 0 radical (unpaired) electrons. The van der Waals surface area contributed by atoms with Crippen LogP contribution in [0.2, 0.25) is 0 Å². The average molecular weight is 423 g/mol. The smallest absolute Gasteiger partial charge is 0.340 e. The van der Waals surface area contributed by atoms with Crippen LogP contribution in [-0.4, -0.2) is 16.2 Å². The van der Waals surface area contributed by atoms with E-state index in [1.165, 1.54) is 24.3 Å². The Kier molecular flexibility index (Phi) is 7.70. The minimum absolute atomic E-state index is 0.0371. The van der Waals surface area contributed by atoms with Gasteiger partial charge in [0, 0.05) is 28.8 Å². The molecule has 0 bridgehead atoms. The fraction of sp³-hybridized carbons (Fsp3) is 0.269. The Labute approximate surface area is 183 Å². The highest BCUT2D eigenvalue weighted by atomic mass is 16.6. The summed E-state index contributed by atoms with van der Waals surface area (Å²) in [5.41, 5.74) is 1.28. The molecule has 5 heteroatoms. The minimum Gasteiger partial charge on any atom is -0.508 e. The molecule has 0 aliphatic carbocycles. The SMILES string of the molecule is CC.CC.CC.O=C1OC2(c3ccc(O)cc3Oc3cc(O)ccc32)c2ccccc21. The first-order valence-electron chi connectivity index (χ1n) is 10.8. The summed E-state index contributed by atoms with van der Waals surface area (Å²) < 4.78 is 11.8. The fourth-order valence-corrected chi connectivity index (χ4v) is 3.65. The molecule has 0 amide bonds. The van der Waals surface area contributed by atoms with Crippen molar-refractivity contribution in [2.24, 2.45) is 0 Å². The Bertz CT molecular complexity index is 1000. The Balaban J connectivity index is 0.000000527. The van der Waals surface area contributed by atoms with Gasteiger partial charge in [0.25, 0.3) is 0 Å². The summed E-state index contributed by atoms with van der Waals surface area (Å²) in [6, 6.07) is 16.6. The maximum absolute atomic E-state index is 12.5. The number of fused-ring (bicyclic) bond motifs is 6. The van der Waals surface area contributed by atoms with Crippen LogP contribution < -0.4 is 4.74 Å². The van der Waals surface area contributed by atoms with E-state index in [2.05, 4.69) is 0 Å². The number of aromatic hydroxyl groups is 2. The number of ether oxygens (including phenoxy) is 2. The number of hydrogen-bond donors (Lipinski definition) is 2. The second-order valence-electron chi connectivity index (χ2n) is 6.08. The molecule has 0 atom stereocenters. The van der Waals surface area contributed by atoms with Crippen molar-refractivity contribution in [1.29, 1.82) is 0 Å². The zero-order chi connectivity index (χ0) is 23.2. The van der Waals surface area contributed by atoms with Crippen molar-refractivity contribution < 1.29 is 24.5 Å². The highest BCUT2D eigenvalue weighted by Gasteiger charge is 2.53. The molecular formula is C26H30O5. The zero-order valence-electron chi connectivity index (χ0n) is 18.9. The normalized spacial score (nSPS) is 13.3. The van der Waals surface area contributed by atoms with Crippen molar-refractivity contribution >= 4 is 5.97 Å². The molecule has 164 valence electrons. The Morgan fingerprint density at radius 2 is 1.16 bits per heavy atom. The molecule has 3 aromatic carbocycles. The van der Waals surface area contributed by atoms with Gasteiger partial charge in [0.1, 0.15) is 23.0 Å². The molecule has 2 aliphatic rings. The van der Waals surface area contributed by atoms with E-state index in [-0.39, 0.29) is 11.5 Å². The van der Waals surface area contributed by atoms with Crippen LogP contribution in [0.5, 0.6) is 23.0 Å². The molecule has 1 spiro atoms. The summed E-state index contributed by atoms with van der Waals surface area (Å²) in [6.45, 7) is 12.0. The molecule has 5 nitrogen and oxygen atoms in total. The molecule has 0 saturated carbocycles. The molecule has 0 saturated heterocycles. The summed E-state index contributed by atoms with van der Waals surface area (Å²) in [6.07, 6.45) is 0. The molecule has 0 aromatic heterocycles. The molecule has 3 aromatic rings. The summed E-state index contributed by atoms with van der Waals surface area (Å²) in [5.74, 6) is 0.408. The highest BCUT2D eigenvalue weighted by molar-refractivity contribution is 5.97. The van der Waals surface area contributed by atoms with Gasteiger partial charge in [-0.3, -0.25) is 0 Å². The first kappa shape index (κ1) is 23.8. The van der Waals surface area contributed by atoms with E-state index >= 15 is 0 Å². The standard InChI is InChI=1S/C20H12O5.3C2H6/c21-11-5-7-15-17(9-11)24-18-10-12(22)6-8-16(18)20(15)14-4-2-1-3-13(14)19(23)25-20;3*1-2/h1-10,21-22H;3*1-2H3. The lowest BCUT2D eigenvalue weighted by Gasteiger charge is -2.36. The molecule has 2 heterocycles. The molecule has 0 fully saturated rings. The van der Waals surface area contributed by atoms with Crippen LogP contribution in [0.15, 0.2) is 60.7 Å². The zero-order valence-corrected chi connectivity index (χ0v) is 18.9. The summed E-state index contributed by atoms with van der Waals surface area (Å²) in [5, 5.41) is 19.7. The lowest BCUT2D eigenvalue weighted by molar-refractivity contribution is 0.0224. The monoisotopic (exact) mass is 422 g/mol. The van der Waals surface area contributed by atoms with Crippen molar-refractivity contribution in [2.45, 2.75) is 47.1 Å². The van der Waals surface area contributed by atoms with E-state index in [0.29, 0.717) is 33.8 Å². The van der Waals surface area contributed by atoms with Gasteiger partial charge >= 0.3 is 5.97 Å². The molecule has 2 aliphatic heterocycles. The Morgan fingerprint density at radius 3 is 1.68 bits per heavy atom. The van der Waals surface area contributed by atoms with Crippen LogP contribution in [-0.2, 0) is 10.3 Å². The van der Waals surface area contributed by atoms with E-state index in [1.54, 1.807) is 24.3 Å². The van der Waals surface area contributed by atoms with Gasteiger partial charge in [-0.1, -0.05) is 59.7 Å². The number of benzene rings is 3. The number of esters is 1. The molecule has 5 rings (SSSR count). The topological polar surface area (TPSA) is 76.0 Å². The van der Waals surface area contributed by atoms with Gasteiger partial charge in [0.05, 0.1) is 5.56 Å². The summed E-state index contributed by atoms with van der Waals surface area (Å²) in [7, 11) is 0. The van der Waals surface area contributed by atoms with Crippen molar-refractivity contribution in [3.63, 3.8) is 0 Å². The third-order valence-corrected chi connectivity index (χ3v) is 4.68. The van der Waals surface area contributed by atoms with Gasteiger partial charge in [-0.05, 0) is 30.3 Å². The van der Waals surface area contributed by atoms with Crippen molar-refractivity contribution in [1.82, 2.24) is 0 Å². The molecule has 31 heavy (non-hydrogen) atoms. The average Bonchev–Trinajstić information content (AvgIpc) is 3.11. The second-order valence-corrected chi connectivity index (χ2v) is 6.08. The van der Waals surface area contributed by atoms with Gasteiger partial charge in [-0.2, -0.15) is 0 Å². The van der Waals surface area contributed by atoms with Crippen molar-refractivity contribution in [2.75, 3.05) is 0 Å². The van der Waals surface area contributed by atoms with Crippen LogP contribution in [0.3, 0.4) is 0 Å². The van der Waals surface area contributed by atoms with Gasteiger partial charge in [-0.15, -0.1) is 0 Å². The summed E-state index contributed by atoms with van der Waals surface area (Å²) >= 11 is 0. The third kappa shape index (κ3) is 3.83. The maximum atomic E-state index is 12.5. The first-order valence-corrected chi connectivity index (χ1v) is 10.8. The second kappa shape index (κ2) is 10.0. The van der Waals surface area contributed by atoms with E-state index in [0.717, 1.165) is 0 Å². The lowest BCUT2D eigenvalue weighted by atomic mass is 9.77. The van der Waals surface area contributed by atoms with Crippen LogP contribution in [0.25, 0.3) is 0 Å². The van der Waals surface area contributed by atoms with Gasteiger partial charge in [-0.25, -0.2) is 4.79 Å². The van der Waals surface area contributed by atoms with Gasteiger partial charge in [0.2, 0.25) is 0 Å². The minimum atomic E-state index is -1.17. The number of carbonyl (C=O) groups excluding carboxylic acids is 1. The predicted octanol–water partition coefficient (Wildman–Crippen LogP) is 6.74. The van der Waals surface area contributed by atoms with Crippen molar-refractivity contribution in [3.8, 4) is 23.0 Å². The quantitative estimate of drug-likeness (QED) is 0.392. The van der Waals surface area contributed by atoms with E-state index in [4.69, 9.17) is 9.47 Å². The molecule has 0 unspecified atom stereocenters. The summed E-state index contributed by atoms with van der Waals surface area (Å²) in [4.78, 5) is 12.5. The van der Waals surface area contributed by atoms with Gasteiger partial charge in [0.15, 0.2) is 5.60 Å². The van der Waals surface area contributed by atoms with E-state index in [1.807, 2.05) is 53.7 Å². The number of rotatable bonds is 0. The van der Waals surface area contributed by atoms with Crippen LogP contribution in [0.4, 0.5) is 0 Å². The van der Waals surface area contributed by atoms with E-state index < -0.39 is 11.6 Å². The number of carbonyl (C=O) groups is 1. The fourth-order valence-electron chi connectivity index (χ4n) is 3.65. The molecule has 2 N–H and O–H groups in total.